The Balaban J connectivity index is 1.52. The van der Waals surface area contributed by atoms with Crippen molar-refractivity contribution in [2.75, 3.05) is 24.6 Å². The Hall–Kier alpha value is -4.14. The van der Waals surface area contributed by atoms with E-state index >= 15 is 0 Å². The SMILES string of the molecule is CCOC(=O)C1CCCN(C(=O)Cc2ccc(N(Cc3ccc(C(F)(F)F)cc3)C(=O)c3ccccc3C)cc2)C1. The molecule has 216 valence electrons. The van der Waals surface area contributed by atoms with E-state index in [0.717, 1.165) is 29.7 Å². The molecular weight excluding hydrogens is 533 g/mol. The normalized spacial score (nSPS) is 15.3. The van der Waals surface area contributed by atoms with Crippen LogP contribution in [-0.4, -0.2) is 42.4 Å². The molecule has 6 nitrogen and oxygen atoms in total. The van der Waals surface area contributed by atoms with Gasteiger partial charge in [-0.05, 0) is 73.7 Å². The summed E-state index contributed by atoms with van der Waals surface area (Å²) in [5, 5.41) is 0. The molecule has 0 aromatic heterocycles. The largest absolute Gasteiger partial charge is 0.466 e. The van der Waals surface area contributed by atoms with Gasteiger partial charge in [-0.1, -0.05) is 42.5 Å². The minimum atomic E-state index is -4.45. The van der Waals surface area contributed by atoms with Crippen molar-refractivity contribution in [1.29, 1.82) is 0 Å². The van der Waals surface area contributed by atoms with Gasteiger partial charge in [-0.2, -0.15) is 13.2 Å². The van der Waals surface area contributed by atoms with Crippen LogP contribution in [0.25, 0.3) is 0 Å². The fourth-order valence-corrected chi connectivity index (χ4v) is 4.96. The average Bonchev–Trinajstić information content (AvgIpc) is 2.96. The van der Waals surface area contributed by atoms with E-state index in [0.29, 0.717) is 42.9 Å². The van der Waals surface area contributed by atoms with Gasteiger partial charge in [-0.25, -0.2) is 0 Å². The van der Waals surface area contributed by atoms with Gasteiger partial charge in [0.1, 0.15) is 0 Å². The highest BCUT2D eigenvalue weighted by Gasteiger charge is 2.31. The summed E-state index contributed by atoms with van der Waals surface area (Å²) in [6.45, 7) is 4.86. The molecule has 1 aliphatic heterocycles. The molecule has 0 radical (unpaired) electrons. The molecule has 9 heteroatoms. The molecule has 1 fully saturated rings. The number of carbonyl (C=O) groups excluding carboxylic acids is 3. The number of piperidine rings is 1. The molecule has 3 aromatic rings. The second kappa shape index (κ2) is 13.0. The standard InChI is InChI=1S/C32H33F3N2O4/c1-3-41-31(40)25-8-6-18-36(21-25)29(38)19-23-12-16-27(17-13-23)37(30(39)28-9-5-4-7-22(28)2)20-24-10-14-26(15-11-24)32(33,34)35/h4-5,7,9-17,25H,3,6,8,18-21H2,1-2H3. The first-order valence-corrected chi connectivity index (χ1v) is 13.6. The topological polar surface area (TPSA) is 66.9 Å². The smallest absolute Gasteiger partial charge is 0.416 e. The summed E-state index contributed by atoms with van der Waals surface area (Å²) in [6, 6.07) is 18.9. The van der Waals surface area contributed by atoms with Crippen molar-refractivity contribution in [1.82, 2.24) is 4.90 Å². The lowest BCUT2D eigenvalue weighted by atomic mass is 9.97. The van der Waals surface area contributed by atoms with E-state index in [9.17, 15) is 27.6 Å². The number of likely N-dealkylation sites (tertiary alicyclic amines) is 1. The molecule has 41 heavy (non-hydrogen) atoms. The van der Waals surface area contributed by atoms with Crippen LogP contribution in [0.4, 0.5) is 18.9 Å². The van der Waals surface area contributed by atoms with Gasteiger partial charge in [0.05, 0.1) is 31.1 Å². The van der Waals surface area contributed by atoms with E-state index in [1.807, 2.05) is 19.1 Å². The Morgan fingerprint density at radius 2 is 1.61 bits per heavy atom. The molecule has 1 aliphatic rings. The fourth-order valence-electron chi connectivity index (χ4n) is 4.96. The van der Waals surface area contributed by atoms with Crippen molar-refractivity contribution >= 4 is 23.5 Å². The van der Waals surface area contributed by atoms with Gasteiger partial charge < -0.3 is 14.5 Å². The van der Waals surface area contributed by atoms with E-state index in [2.05, 4.69) is 0 Å². The minimum Gasteiger partial charge on any atom is -0.466 e. The number of halogens is 3. The highest BCUT2D eigenvalue weighted by atomic mass is 19.4. The van der Waals surface area contributed by atoms with E-state index in [4.69, 9.17) is 4.74 Å². The fraction of sp³-hybridized carbons (Fsp3) is 0.344. The van der Waals surface area contributed by atoms with Crippen molar-refractivity contribution < 1.29 is 32.3 Å². The highest BCUT2D eigenvalue weighted by Crippen LogP contribution is 2.30. The lowest BCUT2D eigenvalue weighted by Crippen LogP contribution is -2.43. The molecule has 0 bridgehead atoms. The van der Waals surface area contributed by atoms with Crippen molar-refractivity contribution in [3.05, 3.63) is 101 Å². The maximum atomic E-state index is 13.6. The second-order valence-electron chi connectivity index (χ2n) is 10.2. The molecular formula is C32H33F3N2O4. The van der Waals surface area contributed by atoms with Gasteiger partial charge in [0.2, 0.25) is 5.91 Å². The maximum Gasteiger partial charge on any atom is 0.416 e. The molecule has 4 rings (SSSR count). The predicted molar refractivity (Wildman–Crippen MR) is 149 cm³/mol. The molecule has 3 aromatic carbocycles. The number of nitrogens with zero attached hydrogens (tertiary/aromatic N) is 2. The summed E-state index contributed by atoms with van der Waals surface area (Å²) in [5.41, 5.74) is 2.35. The number of aryl methyl sites for hydroxylation is 1. The Kier molecular flexibility index (Phi) is 9.47. The zero-order valence-corrected chi connectivity index (χ0v) is 23.1. The van der Waals surface area contributed by atoms with Crippen LogP contribution in [0.1, 0.15) is 52.4 Å². The van der Waals surface area contributed by atoms with Crippen molar-refractivity contribution in [3.8, 4) is 0 Å². The average molecular weight is 567 g/mol. The highest BCUT2D eigenvalue weighted by molar-refractivity contribution is 6.07. The third-order valence-electron chi connectivity index (χ3n) is 7.24. The van der Waals surface area contributed by atoms with Crippen molar-refractivity contribution in [2.24, 2.45) is 5.92 Å². The lowest BCUT2D eigenvalue weighted by Gasteiger charge is -2.31. The molecule has 1 atom stereocenters. The monoisotopic (exact) mass is 566 g/mol. The number of carbonyl (C=O) groups is 3. The number of esters is 1. The zero-order chi connectivity index (χ0) is 29.6. The van der Waals surface area contributed by atoms with E-state index < -0.39 is 11.7 Å². The molecule has 0 spiro atoms. The minimum absolute atomic E-state index is 0.0621. The Morgan fingerprint density at radius 1 is 0.951 bits per heavy atom. The van der Waals surface area contributed by atoms with Gasteiger partial charge in [-0.3, -0.25) is 14.4 Å². The molecule has 2 amide bonds. The third-order valence-corrected chi connectivity index (χ3v) is 7.24. The van der Waals surface area contributed by atoms with Crippen LogP contribution in [0.3, 0.4) is 0 Å². The van der Waals surface area contributed by atoms with E-state index in [-0.39, 0.29) is 36.7 Å². The number of alkyl halides is 3. The molecule has 1 heterocycles. The van der Waals surface area contributed by atoms with Crippen LogP contribution in [0.15, 0.2) is 72.8 Å². The van der Waals surface area contributed by atoms with E-state index in [1.54, 1.807) is 48.2 Å². The lowest BCUT2D eigenvalue weighted by molar-refractivity contribution is -0.151. The first-order valence-electron chi connectivity index (χ1n) is 13.6. The van der Waals surface area contributed by atoms with Crippen LogP contribution < -0.4 is 4.90 Å². The predicted octanol–water partition coefficient (Wildman–Crippen LogP) is 6.21. The molecule has 0 saturated carbocycles. The Morgan fingerprint density at radius 3 is 2.24 bits per heavy atom. The summed E-state index contributed by atoms with van der Waals surface area (Å²) in [4.78, 5) is 42.0. The number of benzene rings is 3. The third kappa shape index (κ3) is 7.54. The van der Waals surface area contributed by atoms with Crippen LogP contribution in [0, 0.1) is 12.8 Å². The number of anilines is 1. The van der Waals surface area contributed by atoms with Gasteiger partial charge >= 0.3 is 12.1 Å². The zero-order valence-electron chi connectivity index (χ0n) is 23.1. The second-order valence-corrected chi connectivity index (χ2v) is 10.2. The molecule has 1 unspecified atom stereocenters. The summed E-state index contributed by atoms with van der Waals surface area (Å²) in [6.07, 6.45) is -2.88. The quantitative estimate of drug-likeness (QED) is 0.305. The Labute approximate surface area is 237 Å². The van der Waals surface area contributed by atoms with Crippen LogP contribution in [-0.2, 0) is 33.5 Å². The van der Waals surface area contributed by atoms with Crippen LogP contribution in [0.2, 0.25) is 0 Å². The summed E-state index contributed by atoms with van der Waals surface area (Å²) in [5.74, 6) is -0.975. The van der Waals surface area contributed by atoms with Gasteiger partial charge in [-0.15, -0.1) is 0 Å². The molecule has 1 saturated heterocycles. The van der Waals surface area contributed by atoms with Gasteiger partial charge in [0, 0.05) is 24.3 Å². The van der Waals surface area contributed by atoms with Crippen molar-refractivity contribution in [3.63, 3.8) is 0 Å². The number of hydrogen-bond donors (Lipinski definition) is 0. The summed E-state index contributed by atoms with van der Waals surface area (Å²) < 4.78 is 44.3. The van der Waals surface area contributed by atoms with Gasteiger partial charge in [0.15, 0.2) is 0 Å². The van der Waals surface area contributed by atoms with Crippen molar-refractivity contribution in [2.45, 2.75) is 45.8 Å². The Bertz CT molecular complexity index is 1370. The first-order chi connectivity index (χ1) is 19.6. The molecule has 0 aliphatic carbocycles. The number of hydrogen-bond acceptors (Lipinski definition) is 4. The molecule has 0 N–H and O–H groups in total. The first kappa shape index (κ1) is 29.8. The maximum absolute atomic E-state index is 13.6. The number of ether oxygens (including phenoxy) is 1. The number of rotatable bonds is 8. The summed E-state index contributed by atoms with van der Waals surface area (Å²) >= 11 is 0. The van der Waals surface area contributed by atoms with Crippen LogP contribution in [0.5, 0.6) is 0 Å². The van der Waals surface area contributed by atoms with Crippen LogP contribution >= 0.6 is 0 Å². The number of amides is 2. The van der Waals surface area contributed by atoms with E-state index in [1.165, 1.54) is 17.0 Å². The summed E-state index contributed by atoms with van der Waals surface area (Å²) in [7, 11) is 0. The van der Waals surface area contributed by atoms with Gasteiger partial charge in [0.25, 0.3) is 5.91 Å².